The summed E-state index contributed by atoms with van der Waals surface area (Å²) in [7, 11) is 1.94. The van der Waals surface area contributed by atoms with Crippen molar-refractivity contribution in [1.29, 1.82) is 0 Å². The van der Waals surface area contributed by atoms with Crippen molar-refractivity contribution >= 4 is 0 Å². The number of aromatic nitrogens is 2. The van der Waals surface area contributed by atoms with Crippen molar-refractivity contribution in [2.24, 2.45) is 11.8 Å². The van der Waals surface area contributed by atoms with E-state index >= 15 is 0 Å². The summed E-state index contributed by atoms with van der Waals surface area (Å²) in [6, 6.07) is 0. The quantitative estimate of drug-likeness (QED) is 0.809. The maximum atomic E-state index is 5.33. The summed E-state index contributed by atoms with van der Waals surface area (Å²) < 4.78 is 5.33. The molecular weight excluding hydrogens is 190 g/mol. The van der Waals surface area contributed by atoms with Gasteiger partial charge in [0, 0.05) is 18.9 Å². The Kier molecular flexibility index (Phi) is 2.24. The first kappa shape index (κ1) is 9.33. The van der Waals surface area contributed by atoms with Crippen LogP contribution in [-0.4, -0.2) is 23.7 Å². The van der Waals surface area contributed by atoms with E-state index in [1.807, 2.05) is 7.05 Å². The van der Waals surface area contributed by atoms with Crippen LogP contribution in [0.4, 0.5) is 0 Å². The number of nitrogens with zero attached hydrogens (tertiary/aromatic N) is 2. The fraction of sp³-hybridized carbons (Fsp3) is 0.818. The van der Waals surface area contributed by atoms with Crippen LogP contribution in [0, 0.1) is 11.8 Å². The van der Waals surface area contributed by atoms with Gasteiger partial charge in [0.25, 0.3) is 0 Å². The molecule has 2 saturated carbocycles. The van der Waals surface area contributed by atoms with E-state index in [1.165, 1.54) is 19.3 Å². The predicted molar refractivity (Wildman–Crippen MR) is 55.5 cm³/mol. The summed E-state index contributed by atoms with van der Waals surface area (Å²) in [4.78, 5) is 4.47. The largest absolute Gasteiger partial charge is 0.339 e. The van der Waals surface area contributed by atoms with Gasteiger partial charge in [-0.3, -0.25) is 0 Å². The summed E-state index contributed by atoms with van der Waals surface area (Å²) in [5.41, 5.74) is 0. The molecule has 15 heavy (non-hydrogen) atoms. The molecule has 4 heteroatoms. The molecule has 1 heterocycles. The molecule has 0 bridgehead atoms. The lowest BCUT2D eigenvalue weighted by Crippen LogP contribution is -2.11. The molecule has 1 N–H and O–H groups in total. The highest BCUT2D eigenvalue weighted by atomic mass is 16.5. The molecule has 1 aromatic rings. The first-order chi connectivity index (χ1) is 7.40. The van der Waals surface area contributed by atoms with Gasteiger partial charge in [0.05, 0.1) is 0 Å². The van der Waals surface area contributed by atoms with Crippen LogP contribution in [-0.2, 0) is 6.42 Å². The molecule has 0 amide bonds. The molecule has 0 saturated heterocycles. The first-order valence-corrected chi connectivity index (χ1v) is 5.87. The van der Waals surface area contributed by atoms with Gasteiger partial charge in [0.15, 0.2) is 5.82 Å². The molecule has 3 rings (SSSR count). The predicted octanol–water partition coefficient (Wildman–Crippen LogP) is 1.34. The topological polar surface area (TPSA) is 51.0 Å². The summed E-state index contributed by atoms with van der Waals surface area (Å²) >= 11 is 0. The molecular formula is C11H17N3O. The van der Waals surface area contributed by atoms with Crippen LogP contribution in [0.25, 0.3) is 0 Å². The molecule has 0 spiro atoms. The monoisotopic (exact) mass is 207 g/mol. The molecule has 0 radical (unpaired) electrons. The number of rotatable bonds is 4. The molecule has 1 aromatic heterocycles. The molecule has 0 aromatic carbocycles. The second kappa shape index (κ2) is 3.59. The molecule has 82 valence electrons. The van der Waals surface area contributed by atoms with Crippen molar-refractivity contribution in [2.45, 2.75) is 31.6 Å². The first-order valence-electron chi connectivity index (χ1n) is 5.87. The van der Waals surface area contributed by atoms with Crippen LogP contribution >= 0.6 is 0 Å². The van der Waals surface area contributed by atoms with Gasteiger partial charge in [-0.05, 0) is 31.7 Å². The maximum Gasteiger partial charge on any atom is 0.230 e. The van der Waals surface area contributed by atoms with Gasteiger partial charge in [-0.25, -0.2) is 0 Å². The van der Waals surface area contributed by atoms with Crippen molar-refractivity contribution in [3.8, 4) is 0 Å². The average Bonchev–Trinajstić information content (AvgIpc) is 2.73. The number of nitrogens with one attached hydrogen (secondary N) is 1. The van der Waals surface area contributed by atoms with Crippen LogP contribution in [0.2, 0.25) is 0 Å². The van der Waals surface area contributed by atoms with Crippen LogP contribution in [0.15, 0.2) is 4.52 Å². The fourth-order valence-corrected chi connectivity index (χ4v) is 2.93. The zero-order valence-corrected chi connectivity index (χ0v) is 9.07. The average molecular weight is 207 g/mol. The third-order valence-corrected chi connectivity index (χ3v) is 3.77. The van der Waals surface area contributed by atoms with Gasteiger partial charge in [-0.1, -0.05) is 11.6 Å². The third-order valence-electron chi connectivity index (χ3n) is 3.77. The standard InChI is InChI=1S/C11H17N3O/c1-12-6-5-9-13-11(15-14-9)10-7-3-2-4-8(7)10/h7-8,10,12H,2-6H2,1H3. The van der Waals surface area contributed by atoms with E-state index in [4.69, 9.17) is 4.52 Å². The molecule has 2 atom stereocenters. The third kappa shape index (κ3) is 1.57. The number of hydrogen-bond donors (Lipinski definition) is 1. The van der Waals surface area contributed by atoms with Crippen LogP contribution in [0.5, 0.6) is 0 Å². The van der Waals surface area contributed by atoms with Crippen molar-refractivity contribution in [2.75, 3.05) is 13.6 Å². The SMILES string of the molecule is CNCCc1noc(C2C3CCCC32)n1. The van der Waals surface area contributed by atoms with Crippen molar-refractivity contribution < 1.29 is 4.52 Å². The van der Waals surface area contributed by atoms with Gasteiger partial charge >= 0.3 is 0 Å². The van der Waals surface area contributed by atoms with E-state index < -0.39 is 0 Å². The Balaban J connectivity index is 1.64. The Hall–Kier alpha value is -0.900. The molecule has 2 aliphatic carbocycles. The van der Waals surface area contributed by atoms with E-state index in [0.717, 1.165) is 36.5 Å². The lowest BCUT2D eigenvalue weighted by Gasteiger charge is -1.95. The van der Waals surface area contributed by atoms with E-state index in [1.54, 1.807) is 0 Å². The van der Waals surface area contributed by atoms with Gasteiger partial charge in [-0.2, -0.15) is 4.98 Å². The van der Waals surface area contributed by atoms with E-state index in [-0.39, 0.29) is 0 Å². The van der Waals surface area contributed by atoms with Crippen molar-refractivity contribution in [1.82, 2.24) is 15.5 Å². The fourth-order valence-electron chi connectivity index (χ4n) is 2.93. The second-order valence-corrected chi connectivity index (χ2v) is 4.69. The highest BCUT2D eigenvalue weighted by Gasteiger charge is 2.56. The smallest absolute Gasteiger partial charge is 0.230 e. The summed E-state index contributed by atoms with van der Waals surface area (Å²) in [6.45, 7) is 0.913. The number of fused-ring (bicyclic) bond motifs is 1. The highest BCUT2D eigenvalue weighted by Crippen LogP contribution is 2.62. The minimum Gasteiger partial charge on any atom is -0.339 e. The summed E-state index contributed by atoms with van der Waals surface area (Å²) in [5.74, 6) is 4.08. The Morgan fingerprint density at radius 3 is 2.93 bits per heavy atom. The maximum absolute atomic E-state index is 5.33. The summed E-state index contributed by atoms with van der Waals surface area (Å²) in [6.07, 6.45) is 4.99. The normalized spacial score (nSPS) is 33.0. The van der Waals surface area contributed by atoms with Crippen molar-refractivity contribution in [3.05, 3.63) is 11.7 Å². The molecule has 2 fully saturated rings. The van der Waals surface area contributed by atoms with Crippen LogP contribution in [0.1, 0.15) is 36.9 Å². The minimum absolute atomic E-state index is 0.606. The summed E-state index contributed by atoms with van der Waals surface area (Å²) in [5, 5.41) is 7.10. The van der Waals surface area contributed by atoms with E-state index in [2.05, 4.69) is 15.5 Å². The van der Waals surface area contributed by atoms with Crippen molar-refractivity contribution in [3.63, 3.8) is 0 Å². The second-order valence-electron chi connectivity index (χ2n) is 4.69. The molecule has 0 aliphatic heterocycles. The van der Waals surface area contributed by atoms with Gasteiger partial charge < -0.3 is 9.84 Å². The number of hydrogen-bond acceptors (Lipinski definition) is 4. The lowest BCUT2D eigenvalue weighted by molar-refractivity contribution is 0.363. The molecule has 4 nitrogen and oxygen atoms in total. The van der Waals surface area contributed by atoms with Crippen LogP contribution < -0.4 is 5.32 Å². The van der Waals surface area contributed by atoms with Crippen LogP contribution in [0.3, 0.4) is 0 Å². The highest BCUT2D eigenvalue weighted by molar-refractivity contribution is 5.15. The minimum atomic E-state index is 0.606. The molecule has 2 unspecified atom stereocenters. The lowest BCUT2D eigenvalue weighted by atomic mass is 10.1. The van der Waals surface area contributed by atoms with Gasteiger partial charge in [-0.15, -0.1) is 0 Å². The Morgan fingerprint density at radius 1 is 1.40 bits per heavy atom. The molecule has 2 aliphatic rings. The zero-order valence-electron chi connectivity index (χ0n) is 9.07. The number of likely N-dealkylation sites (N-methyl/N-ethyl adjacent to an activating group) is 1. The Labute approximate surface area is 89.4 Å². The van der Waals surface area contributed by atoms with E-state index in [9.17, 15) is 0 Å². The Bertz CT molecular complexity index is 339. The van der Waals surface area contributed by atoms with E-state index in [0.29, 0.717) is 5.92 Å². The van der Waals surface area contributed by atoms with Gasteiger partial charge in [0.2, 0.25) is 5.89 Å². The van der Waals surface area contributed by atoms with Gasteiger partial charge in [0.1, 0.15) is 0 Å². The Morgan fingerprint density at radius 2 is 2.20 bits per heavy atom. The zero-order chi connectivity index (χ0) is 10.3.